The Morgan fingerprint density at radius 3 is 2.60 bits per heavy atom. The highest BCUT2D eigenvalue weighted by atomic mass is 16.3. The summed E-state index contributed by atoms with van der Waals surface area (Å²) in [5, 5.41) is 9.99. The molecular formula is C21H32N2O2. The van der Waals surface area contributed by atoms with E-state index in [4.69, 9.17) is 0 Å². The minimum atomic E-state index is -0.00255. The average molecular weight is 344 g/mol. The van der Waals surface area contributed by atoms with Crippen LogP contribution in [0.15, 0.2) is 18.2 Å². The van der Waals surface area contributed by atoms with E-state index in [1.54, 1.807) is 0 Å². The highest BCUT2D eigenvalue weighted by Crippen LogP contribution is 2.41. The normalized spacial score (nSPS) is 27.2. The molecule has 4 nitrogen and oxygen atoms in total. The molecule has 1 N–H and O–H groups in total. The van der Waals surface area contributed by atoms with E-state index in [-0.39, 0.29) is 17.9 Å². The second-order valence-corrected chi connectivity index (χ2v) is 8.21. The second-order valence-electron chi connectivity index (χ2n) is 8.21. The standard InChI is InChI=1S/C21H32N2O2/c1-16-11-17(2)13-18(12-16)5-6-20(25)23-10-8-21(15-24)7-4-9-22(3)19(21)14-23/h11-13,19,24H,4-10,14-15H2,1-3H3/t19-,21-/m1/s1. The van der Waals surface area contributed by atoms with Gasteiger partial charge in [-0.25, -0.2) is 0 Å². The first-order valence-corrected chi connectivity index (χ1v) is 9.59. The smallest absolute Gasteiger partial charge is 0.222 e. The number of aliphatic hydroxyl groups is 1. The van der Waals surface area contributed by atoms with Crippen LogP contribution >= 0.6 is 0 Å². The van der Waals surface area contributed by atoms with Crippen molar-refractivity contribution in [3.05, 3.63) is 34.9 Å². The van der Waals surface area contributed by atoms with Crippen LogP contribution in [0.2, 0.25) is 0 Å². The van der Waals surface area contributed by atoms with Crippen molar-refractivity contribution in [2.24, 2.45) is 5.41 Å². The second kappa shape index (κ2) is 7.46. The van der Waals surface area contributed by atoms with Gasteiger partial charge in [0.1, 0.15) is 0 Å². The Labute approximate surface area is 151 Å². The quantitative estimate of drug-likeness (QED) is 0.913. The summed E-state index contributed by atoms with van der Waals surface area (Å²) < 4.78 is 0. The third-order valence-electron chi connectivity index (χ3n) is 6.27. The van der Waals surface area contributed by atoms with Crippen LogP contribution < -0.4 is 0 Å². The number of aryl methyl sites for hydroxylation is 3. The Hall–Kier alpha value is -1.39. The molecule has 2 aliphatic heterocycles. The van der Waals surface area contributed by atoms with E-state index < -0.39 is 0 Å². The highest BCUT2D eigenvalue weighted by Gasteiger charge is 2.47. The molecule has 0 unspecified atom stereocenters. The average Bonchev–Trinajstić information content (AvgIpc) is 2.59. The largest absolute Gasteiger partial charge is 0.396 e. The number of piperidine rings is 2. The van der Waals surface area contributed by atoms with Gasteiger partial charge in [0.2, 0.25) is 5.91 Å². The lowest BCUT2D eigenvalue weighted by Gasteiger charge is -2.53. The fraction of sp³-hybridized carbons (Fsp3) is 0.667. The van der Waals surface area contributed by atoms with E-state index in [1.807, 2.05) is 4.90 Å². The van der Waals surface area contributed by atoms with Crippen LogP contribution in [0.4, 0.5) is 0 Å². The number of likely N-dealkylation sites (tertiary alicyclic amines) is 2. The molecule has 0 spiro atoms. The molecule has 0 aliphatic carbocycles. The van der Waals surface area contributed by atoms with Gasteiger partial charge in [0.25, 0.3) is 0 Å². The molecule has 2 saturated heterocycles. The van der Waals surface area contributed by atoms with Crippen molar-refractivity contribution < 1.29 is 9.90 Å². The van der Waals surface area contributed by atoms with Crippen LogP contribution in [0.1, 0.15) is 42.4 Å². The molecule has 0 radical (unpaired) electrons. The number of amides is 1. The van der Waals surface area contributed by atoms with Crippen LogP contribution in [0, 0.1) is 19.3 Å². The maximum absolute atomic E-state index is 12.8. The maximum Gasteiger partial charge on any atom is 0.222 e. The van der Waals surface area contributed by atoms with Gasteiger partial charge in [-0.15, -0.1) is 0 Å². The first-order valence-electron chi connectivity index (χ1n) is 9.59. The number of rotatable bonds is 4. The van der Waals surface area contributed by atoms with Gasteiger partial charge in [0, 0.05) is 31.0 Å². The number of nitrogens with zero attached hydrogens (tertiary/aromatic N) is 2. The maximum atomic E-state index is 12.8. The van der Waals surface area contributed by atoms with Crippen molar-refractivity contribution >= 4 is 5.91 Å². The molecule has 1 aromatic rings. The molecule has 0 aromatic heterocycles. The van der Waals surface area contributed by atoms with Crippen LogP contribution in [0.25, 0.3) is 0 Å². The van der Waals surface area contributed by atoms with Crippen LogP contribution in [-0.4, -0.2) is 60.1 Å². The Bertz CT molecular complexity index is 610. The molecule has 3 rings (SSSR count). The Balaban J connectivity index is 1.61. The van der Waals surface area contributed by atoms with Crippen molar-refractivity contribution in [1.82, 2.24) is 9.80 Å². The van der Waals surface area contributed by atoms with E-state index in [1.165, 1.54) is 16.7 Å². The fourth-order valence-electron chi connectivity index (χ4n) is 4.87. The summed E-state index contributed by atoms with van der Waals surface area (Å²) in [6.45, 7) is 7.08. The molecule has 1 amide bonds. The molecular weight excluding hydrogens is 312 g/mol. The van der Waals surface area contributed by atoms with Gasteiger partial charge in [0.05, 0.1) is 6.61 Å². The highest BCUT2D eigenvalue weighted by molar-refractivity contribution is 5.76. The first kappa shape index (κ1) is 18.4. The summed E-state index contributed by atoms with van der Waals surface area (Å²) in [5.41, 5.74) is 3.77. The summed E-state index contributed by atoms with van der Waals surface area (Å²) >= 11 is 0. The summed E-state index contributed by atoms with van der Waals surface area (Å²) in [6, 6.07) is 6.83. The van der Waals surface area contributed by atoms with Gasteiger partial charge in [-0.3, -0.25) is 4.79 Å². The van der Waals surface area contributed by atoms with Crippen molar-refractivity contribution in [3.63, 3.8) is 0 Å². The monoisotopic (exact) mass is 344 g/mol. The van der Waals surface area contributed by atoms with Gasteiger partial charge in [-0.2, -0.15) is 0 Å². The van der Waals surface area contributed by atoms with E-state index in [0.29, 0.717) is 12.5 Å². The topological polar surface area (TPSA) is 43.8 Å². The molecule has 0 saturated carbocycles. The van der Waals surface area contributed by atoms with Crippen molar-refractivity contribution in [2.45, 2.75) is 52.0 Å². The Kier molecular flexibility index (Phi) is 5.49. The summed E-state index contributed by atoms with van der Waals surface area (Å²) in [4.78, 5) is 17.1. The number of aliphatic hydroxyl groups excluding tert-OH is 1. The van der Waals surface area contributed by atoms with E-state index >= 15 is 0 Å². The van der Waals surface area contributed by atoms with Gasteiger partial charge in [0.15, 0.2) is 0 Å². The van der Waals surface area contributed by atoms with Crippen LogP contribution in [-0.2, 0) is 11.2 Å². The van der Waals surface area contributed by atoms with Crippen molar-refractivity contribution in [1.29, 1.82) is 0 Å². The number of fused-ring (bicyclic) bond motifs is 1. The zero-order valence-corrected chi connectivity index (χ0v) is 15.9. The Morgan fingerprint density at radius 1 is 1.20 bits per heavy atom. The van der Waals surface area contributed by atoms with Crippen LogP contribution in [0.3, 0.4) is 0 Å². The zero-order valence-electron chi connectivity index (χ0n) is 15.9. The molecule has 1 aromatic carbocycles. The van der Waals surface area contributed by atoms with Gasteiger partial charge < -0.3 is 14.9 Å². The molecule has 25 heavy (non-hydrogen) atoms. The molecule has 2 aliphatic rings. The lowest BCUT2D eigenvalue weighted by Crippen LogP contribution is -2.62. The number of carbonyl (C=O) groups is 1. The van der Waals surface area contributed by atoms with Crippen molar-refractivity contribution in [3.8, 4) is 0 Å². The van der Waals surface area contributed by atoms with Gasteiger partial charge in [-0.1, -0.05) is 29.3 Å². The molecule has 2 fully saturated rings. The number of hydrogen-bond acceptors (Lipinski definition) is 3. The van der Waals surface area contributed by atoms with E-state index in [0.717, 1.165) is 45.3 Å². The van der Waals surface area contributed by atoms with E-state index in [2.05, 4.69) is 44.0 Å². The summed E-state index contributed by atoms with van der Waals surface area (Å²) in [5.74, 6) is 0.254. The first-order chi connectivity index (χ1) is 11.9. The minimum absolute atomic E-state index is 0.00255. The molecule has 4 heteroatoms. The van der Waals surface area contributed by atoms with E-state index in [9.17, 15) is 9.90 Å². The number of likely N-dealkylation sites (N-methyl/N-ethyl adjacent to an activating group) is 1. The molecule has 138 valence electrons. The van der Waals surface area contributed by atoms with Crippen molar-refractivity contribution in [2.75, 3.05) is 33.3 Å². The number of benzene rings is 1. The number of carbonyl (C=O) groups excluding carboxylic acids is 1. The summed E-state index contributed by atoms with van der Waals surface area (Å²) in [7, 11) is 2.14. The van der Waals surface area contributed by atoms with Gasteiger partial charge >= 0.3 is 0 Å². The molecule has 0 bridgehead atoms. The minimum Gasteiger partial charge on any atom is -0.396 e. The van der Waals surface area contributed by atoms with Crippen LogP contribution in [0.5, 0.6) is 0 Å². The predicted octanol–water partition coefficient (Wildman–Crippen LogP) is 2.54. The number of hydrogen-bond donors (Lipinski definition) is 1. The third kappa shape index (κ3) is 3.90. The third-order valence-corrected chi connectivity index (χ3v) is 6.27. The molecule has 2 atom stereocenters. The SMILES string of the molecule is Cc1cc(C)cc(CCC(=O)N2CC[C@@]3(CO)CCCN(C)[C@@H]3C2)c1. The molecule has 2 heterocycles. The zero-order chi connectivity index (χ0) is 18.0. The lowest BCUT2D eigenvalue weighted by molar-refractivity contribution is -0.139. The lowest BCUT2D eigenvalue weighted by atomic mass is 9.69. The fourth-order valence-corrected chi connectivity index (χ4v) is 4.87. The summed E-state index contributed by atoms with van der Waals surface area (Å²) in [6.07, 6.45) is 4.54. The van der Waals surface area contributed by atoms with Gasteiger partial charge in [-0.05, 0) is 58.7 Å². The predicted molar refractivity (Wildman–Crippen MR) is 101 cm³/mol. The Morgan fingerprint density at radius 2 is 1.92 bits per heavy atom.